The Bertz CT molecular complexity index is 1080. The van der Waals surface area contributed by atoms with Gasteiger partial charge < -0.3 is 9.80 Å². The molecule has 0 unspecified atom stereocenters. The molecule has 2 heterocycles. The predicted molar refractivity (Wildman–Crippen MR) is 139 cm³/mol. The van der Waals surface area contributed by atoms with E-state index in [0.29, 0.717) is 13.1 Å². The minimum atomic E-state index is -0.224. The summed E-state index contributed by atoms with van der Waals surface area (Å²) in [4.78, 5) is 19.7. The van der Waals surface area contributed by atoms with Gasteiger partial charge in [-0.3, -0.25) is 9.69 Å². The van der Waals surface area contributed by atoms with E-state index in [1.54, 1.807) is 12.1 Å². The number of hydrogen-bond acceptors (Lipinski definition) is 3. The summed E-state index contributed by atoms with van der Waals surface area (Å²) in [5.74, 6) is 0.646. The fourth-order valence-electron chi connectivity index (χ4n) is 5.31. The second-order valence-electron chi connectivity index (χ2n) is 9.86. The van der Waals surface area contributed by atoms with Crippen molar-refractivity contribution in [3.8, 4) is 0 Å². The SMILES string of the molecule is O=C(c1ccc(CN2CCC(Cc3ccccc3)CC2)cc1)N1CCN(c2ccc(F)cc2)CC1. The summed E-state index contributed by atoms with van der Waals surface area (Å²) in [5.41, 5.74) is 4.48. The van der Waals surface area contributed by atoms with Crippen molar-refractivity contribution in [2.24, 2.45) is 5.92 Å². The van der Waals surface area contributed by atoms with E-state index >= 15 is 0 Å². The van der Waals surface area contributed by atoms with Gasteiger partial charge in [0, 0.05) is 44.0 Å². The number of carbonyl (C=O) groups excluding carboxylic acids is 1. The summed E-state index contributed by atoms with van der Waals surface area (Å²) in [7, 11) is 0. The lowest BCUT2D eigenvalue weighted by molar-refractivity contribution is 0.0746. The van der Waals surface area contributed by atoms with Crippen LogP contribution in [0.1, 0.15) is 34.3 Å². The zero-order valence-electron chi connectivity index (χ0n) is 20.3. The highest BCUT2D eigenvalue weighted by Gasteiger charge is 2.23. The molecule has 2 aliphatic rings. The molecule has 4 nitrogen and oxygen atoms in total. The highest BCUT2D eigenvalue weighted by atomic mass is 19.1. The Morgan fingerprint density at radius 2 is 1.40 bits per heavy atom. The van der Waals surface area contributed by atoms with E-state index in [2.05, 4.69) is 52.3 Å². The topological polar surface area (TPSA) is 26.8 Å². The number of halogens is 1. The van der Waals surface area contributed by atoms with Crippen LogP contribution in [0.5, 0.6) is 0 Å². The molecule has 0 aliphatic carbocycles. The summed E-state index contributed by atoms with van der Waals surface area (Å²) in [6.45, 7) is 6.09. The van der Waals surface area contributed by atoms with Crippen LogP contribution < -0.4 is 4.90 Å². The molecule has 2 fully saturated rings. The van der Waals surface area contributed by atoms with Crippen molar-refractivity contribution in [2.75, 3.05) is 44.2 Å². The zero-order chi connectivity index (χ0) is 24.0. The monoisotopic (exact) mass is 471 g/mol. The second kappa shape index (κ2) is 11.0. The molecule has 0 aromatic heterocycles. The first-order chi connectivity index (χ1) is 17.1. The van der Waals surface area contributed by atoms with E-state index in [1.807, 2.05) is 17.0 Å². The molecule has 3 aromatic rings. The number of piperidine rings is 1. The number of likely N-dealkylation sites (tertiary alicyclic amines) is 1. The fourth-order valence-corrected chi connectivity index (χ4v) is 5.31. The first-order valence-corrected chi connectivity index (χ1v) is 12.8. The maximum Gasteiger partial charge on any atom is 0.253 e. The molecule has 0 radical (unpaired) electrons. The van der Waals surface area contributed by atoms with Crippen molar-refractivity contribution < 1.29 is 9.18 Å². The molecule has 2 aliphatic heterocycles. The number of benzene rings is 3. The number of piperazine rings is 1. The summed E-state index contributed by atoms with van der Waals surface area (Å²) < 4.78 is 13.2. The third kappa shape index (κ3) is 6.09. The third-order valence-electron chi connectivity index (χ3n) is 7.44. The number of nitrogens with zero attached hydrogens (tertiary/aromatic N) is 3. The van der Waals surface area contributed by atoms with Crippen molar-refractivity contribution in [1.29, 1.82) is 0 Å². The Balaban J connectivity index is 1.08. The highest BCUT2D eigenvalue weighted by Crippen LogP contribution is 2.23. The van der Waals surface area contributed by atoms with Gasteiger partial charge in [0.15, 0.2) is 0 Å². The van der Waals surface area contributed by atoms with Gasteiger partial charge in [-0.15, -0.1) is 0 Å². The van der Waals surface area contributed by atoms with Gasteiger partial charge in [-0.05, 0) is 85.8 Å². The third-order valence-corrected chi connectivity index (χ3v) is 7.44. The van der Waals surface area contributed by atoms with Crippen molar-refractivity contribution >= 4 is 11.6 Å². The van der Waals surface area contributed by atoms with Crippen molar-refractivity contribution in [2.45, 2.75) is 25.8 Å². The largest absolute Gasteiger partial charge is 0.368 e. The summed E-state index contributed by atoms with van der Waals surface area (Å²) >= 11 is 0. The molecular formula is C30H34FN3O. The normalized spacial score (nSPS) is 17.5. The van der Waals surface area contributed by atoms with Gasteiger partial charge in [0.1, 0.15) is 5.82 Å². The van der Waals surface area contributed by atoms with E-state index in [0.717, 1.165) is 49.9 Å². The Hall–Kier alpha value is -3.18. The number of amides is 1. The Morgan fingerprint density at radius 3 is 2.06 bits per heavy atom. The van der Waals surface area contributed by atoms with Gasteiger partial charge in [0.05, 0.1) is 0 Å². The molecule has 1 amide bonds. The van der Waals surface area contributed by atoms with Crippen LogP contribution in [0.2, 0.25) is 0 Å². The average molecular weight is 472 g/mol. The van der Waals surface area contributed by atoms with Gasteiger partial charge in [-0.25, -0.2) is 4.39 Å². The van der Waals surface area contributed by atoms with E-state index in [9.17, 15) is 9.18 Å². The van der Waals surface area contributed by atoms with Gasteiger partial charge in [0.2, 0.25) is 0 Å². The maximum absolute atomic E-state index is 13.2. The summed E-state index contributed by atoms with van der Waals surface area (Å²) in [5, 5.41) is 0. The average Bonchev–Trinajstić information content (AvgIpc) is 2.91. The van der Waals surface area contributed by atoms with Crippen LogP contribution >= 0.6 is 0 Å². The standard InChI is InChI=1S/C30H34FN3O/c31-28-10-12-29(13-11-28)33-18-20-34(21-19-33)30(35)27-8-6-26(7-9-27)23-32-16-14-25(15-17-32)22-24-4-2-1-3-5-24/h1-13,25H,14-23H2. The minimum absolute atomic E-state index is 0.0945. The molecule has 0 bridgehead atoms. The summed E-state index contributed by atoms with van der Waals surface area (Å²) in [6.07, 6.45) is 3.67. The van der Waals surface area contributed by atoms with Gasteiger partial charge >= 0.3 is 0 Å². The molecule has 0 spiro atoms. The molecule has 5 rings (SSSR count). The van der Waals surface area contributed by atoms with Crippen LogP contribution in [0, 0.1) is 11.7 Å². The van der Waals surface area contributed by atoms with Crippen LogP contribution in [-0.2, 0) is 13.0 Å². The summed E-state index contributed by atoms with van der Waals surface area (Å²) in [6, 6.07) is 25.6. The number of carbonyl (C=O) groups is 1. The van der Waals surface area contributed by atoms with E-state index < -0.39 is 0 Å². The van der Waals surface area contributed by atoms with Crippen molar-refractivity contribution in [3.63, 3.8) is 0 Å². The molecule has 2 saturated heterocycles. The van der Waals surface area contributed by atoms with Crippen LogP contribution in [0.25, 0.3) is 0 Å². The molecular weight excluding hydrogens is 437 g/mol. The lowest BCUT2D eigenvalue weighted by Gasteiger charge is -2.36. The van der Waals surface area contributed by atoms with E-state index in [4.69, 9.17) is 0 Å². The van der Waals surface area contributed by atoms with Crippen LogP contribution in [-0.4, -0.2) is 55.0 Å². The van der Waals surface area contributed by atoms with Crippen LogP contribution in [0.15, 0.2) is 78.9 Å². The lowest BCUT2D eigenvalue weighted by Crippen LogP contribution is -2.48. The van der Waals surface area contributed by atoms with Gasteiger partial charge in [-0.1, -0.05) is 42.5 Å². The molecule has 0 atom stereocenters. The Kier molecular flexibility index (Phi) is 7.43. The number of rotatable bonds is 6. The quantitative estimate of drug-likeness (QED) is 0.492. The van der Waals surface area contributed by atoms with Gasteiger partial charge in [-0.2, -0.15) is 0 Å². The Labute approximate surface area is 208 Å². The van der Waals surface area contributed by atoms with Crippen LogP contribution in [0.4, 0.5) is 10.1 Å². The smallest absolute Gasteiger partial charge is 0.253 e. The highest BCUT2D eigenvalue weighted by molar-refractivity contribution is 5.94. The molecule has 0 N–H and O–H groups in total. The van der Waals surface area contributed by atoms with Gasteiger partial charge in [0.25, 0.3) is 5.91 Å². The second-order valence-corrected chi connectivity index (χ2v) is 9.86. The van der Waals surface area contributed by atoms with Crippen LogP contribution in [0.3, 0.4) is 0 Å². The molecule has 35 heavy (non-hydrogen) atoms. The number of hydrogen-bond donors (Lipinski definition) is 0. The van der Waals surface area contributed by atoms with Crippen molar-refractivity contribution in [1.82, 2.24) is 9.80 Å². The first kappa shape index (κ1) is 23.6. The number of anilines is 1. The predicted octanol–water partition coefficient (Wildman–Crippen LogP) is 5.24. The van der Waals surface area contributed by atoms with Crippen molar-refractivity contribution in [3.05, 3.63) is 101 Å². The Morgan fingerprint density at radius 1 is 0.743 bits per heavy atom. The molecule has 0 saturated carbocycles. The van der Waals surface area contributed by atoms with E-state index in [1.165, 1.54) is 42.5 Å². The minimum Gasteiger partial charge on any atom is -0.368 e. The maximum atomic E-state index is 13.2. The molecule has 5 heteroatoms. The van der Waals surface area contributed by atoms with E-state index in [-0.39, 0.29) is 11.7 Å². The molecule has 3 aromatic carbocycles. The fraction of sp³-hybridized carbons (Fsp3) is 0.367. The molecule has 182 valence electrons. The lowest BCUT2D eigenvalue weighted by atomic mass is 9.90. The zero-order valence-corrected chi connectivity index (χ0v) is 20.3. The first-order valence-electron chi connectivity index (χ1n) is 12.8.